The van der Waals surface area contributed by atoms with Crippen LogP contribution in [0.2, 0.25) is 0 Å². The third-order valence-corrected chi connectivity index (χ3v) is 4.31. The Morgan fingerprint density at radius 2 is 2.00 bits per heavy atom. The number of anilines is 1. The molecule has 0 saturated carbocycles. The van der Waals surface area contributed by atoms with E-state index in [1.54, 1.807) is 23.2 Å². The van der Waals surface area contributed by atoms with Crippen LogP contribution in [0.4, 0.5) is 14.6 Å². The lowest BCUT2D eigenvalue weighted by atomic mass is 9.96. The van der Waals surface area contributed by atoms with Crippen molar-refractivity contribution in [3.63, 3.8) is 0 Å². The minimum atomic E-state index is -0.932. The molecule has 7 heteroatoms. The van der Waals surface area contributed by atoms with Crippen LogP contribution in [0, 0.1) is 23.1 Å². The Bertz CT molecular complexity index is 896. The molecule has 0 saturated heterocycles. The third kappa shape index (κ3) is 3.54. The first-order valence-electron chi connectivity index (χ1n) is 8.04. The highest BCUT2D eigenvalue weighted by molar-refractivity contribution is 6.04. The summed E-state index contributed by atoms with van der Waals surface area (Å²) in [6.07, 6.45) is 4.52. The number of nitriles is 1. The van der Waals surface area contributed by atoms with Gasteiger partial charge in [0, 0.05) is 12.7 Å². The van der Waals surface area contributed by atoms with Gasteiger partial charge in [-0.1, -0.05) is 11.6 Å². The van der Waals surface area contributed by atoms with E-state index >= 15 is 0 Å². The highest BCUT2D eigenvalue weighted by Crippen LogP contribution is 2.26. The smallest absolute Gasteiger partial charge is 0.262 e. The van der Waals surface area contributed by atoms with Crippen LogP contribution in [-0.4, -0.2) is 28.9 Å². The number of pyridine rings is 1. The lowest BCUT2D eigenvalue weighted by Crippen LogP contribution is -2.26. The first-order chi connectivity index (χ1) is 12.5. The van der Waals surface area contributed by atoms with E-state index in [2.05, 4.69) is 16.5 Å². The van der Waals surface area contributed by atoms with E-state index in [0.717, 1.165) is 29.7 Å². The van der Waals surface area contributed by atoms with Crippen LogP contribution >= 0.6 is 0 Å². The second kappa shape index (κ2) is 7.31. The molecule has 1 aromatic carbocycles. The van der Waals surface area contributed by atoms with Gasteiger partial charge in [-0.15, -0.1) is 0 Å². The minimum absolute atomic E-state index is 0.188. The molecule has 0 atom stereocenters. The standard InChI is InChI=1S/C19H16F2N4O/c1-12-7-8-25(11-22)10-14(12)13-5-6-17(23-9-13)24-19(26)18-15(20)3-2-4-16(18)21/h2-6,9H,7-8,10H2,1H3,(H,23,24,26). The molecule has 0 radical (unpaired) electrons. The third-order valence-electron chi connectivity index (χ3n) is 4.31. The number of amides is 1. The monoisotopic (exact) mass is 354 g/mol. The molecule has 0 bridgehead atoms. The number of benzene rings is 1. The van der Waals surface area contributed by atoms with E-state index in [4.69, 9.17) is 5.26 Å². The molecule has 1 aliphatic heterocycles. The van der Waals surface area contributed by atoms with Gasteiger partial charge >= 0.3 is 0 Å². The maximum atomic E-state index is 13.7. The molecule has 5 nitrogen and oxygen atoms in total. The van der Waals surface area contributed by atoms with Gasteiger partial charge in [0.15, 0.2) is 6.19 Å². The minimum Gasteiger partial charge on any atom is -0.306 e. The molecule has 1 N–H and O–H groups in total. The van der Waals surface area contributed by atoms with E-state index in [1.165, 1.54) is 11.6 Å². The van der Waals surface area contributed by atoms with Crippen LogP contribution in [0.3, 0.4) is 0 Å². The number of aromatic nitrogens is 1. The van der Waals surface area contributed by atoms with Gasteiger partial charge in [-0.2, -0.15) is 5.26 Å². The summed E-state index contributed by atoms with van der Waals surface area (Å²) >= 11 is 0. The fraction of sp³-hybridized carbons (Fsp3) is 0.211. The molecule has 0 fully saturated rings. The van der Waals surface area contributed by atoms with Crippen molar-refractivity contribution < 1.29 is 13.6 Å². The van der Waals surface area contributed by atoms with Crippen LogP contribution in [0.15, 0.2) is 42.1 Å². The number of carbonyl (C=O) groups is 1. The Labute approximate surface area is 149 Å². The molecule has 0 spiro atoms. The van der Waals surface area contributed by atoms with Crippen LogP contribution < -0.4 is 5.32 Å². The van der Waals surface area contributed by atoms with Crippen molar-refractivity contribution in [2.75, 3.05) is 18.4 Å². The Morgan fingerprint density at radius 3 is 2.62 bits per heavy atom. The second-order valence-electron chi connectivity index (χ2n) is 6.01. The van der Waals surface area contributed by atoms with Gasteiger partial charge in [0.05, 0.1) is 6.54 Å². The number of nitrogens with zero attached hydrogens (tertiary/aromatic N) is 3. The lowest BCUT2D eigenvalue weighted by Gasteiger charge is -2.25. The summed E-state index contributed by atoms with van der Waals surface area (Å²) in [4.78, 5) is 17.9. The normalized spacial score (nSPS) is 14.2. The quantitative estimate of drug-likeness (QED) is 0.856. The molecule has 2 heterocycles. The Morgan fingerprint density at radius 1 is 1.27 bits per heavy atom. The second-order valence-corrected chi connectivity index (χ2v) is 6.01. The summed E-state index contributed by atoms with van der Waals surface area (Å²) in [6.45, 7) is 3.22. The summed E-state index contributed by atoms with van der Waals surface area (Å²) < 4.78 is 27.3. The number of halogens is 2. The zero-order valence-corrected chi connectivity index (χ0v) is 14.1. The maximum Gasteiger partial charge on any atom is 0.262 e. The van der Waals surface area contributed by atoms with Gasteiger partial charge in [-0.25, -0.2) is 13.8 Å². The SMILES string of the molecule is CC1=C(c2ccc(NC(=O)c3c(F)cccc3F)nc2)CN(C#N)CC1. The van der Waals surface area contributed by atoms with E-state index in [1.807, 2.05) is 6.92 Å². The van der Waals surface area contributed by atoms with Crippen molar-refractivity contribution in [2.45, 2.75) is 13.3 Å². The first kappa shape index (κ1) is 17.5. The van der Waals surface area contributed by atoms with Crippen molar-refractivity contribution in [2.24, 2.45) is 0 Å². The number of carbonyl (C=O) groups excluding carboxylic acids is 1. The Kier molecular flexibility index (Phi) is 4.94. The van der Waals surface area contributed by atoms with Crippen LogP contribution in [-0.2, 0) is 0 Å². The van der Waals surface area contributed by atoms with Crippen LogP contribution in [0.25, 0.3) is 5.57 Å². The van der Waals surface area contributed by atoms with Crippen molar-refractivity contribution in [1.82, 2.24) is 9.88 Å². The fourth-order valence-electron chi connectivity index (χ4n) is 2.82. The molecule has 3 rings (SSSR count). The molecule has 2 aromatic rings. The molecule has 26 heavy (non-hydrogen) atoms. The van der Waals surface area contributed by atoms with Crippen molar-refractivity contribution in [1.29, 1.82) is 5.26 Å². The van der Waals surface area contributed by atoms with E-state index < -0.39 is 23.1 Å². The average Bonchev–Trinajstić information content (AvgIpc) is 2.63. The zero-order chi connectivity index (χ0) is 18.7. The van der Waals surface area contributed by atoms with E-state index in [-0.39, 0.29) is 5.82 Å². The predicted molar refractivity (Wildman–Crippen MR) is 92.9 cm³/mol. The van der Waals surface area contributed by atoms with Crippen LogP contribution in [0.5, 0.6) is 0 Å². The molecule has 0 unspecified atom stereocenters. The number of hydrogen-bond donors (Lipinski definition) is 1. The summed E-state index contributed by atoms with van der Waals surface area (Å²) in [5.74, 6) is -2.57. The van der Waals surface area contributed by atoms with Crippen LogP contribution in [0.1, 0.15) is 29.3 Å². The topological polar surface area (TPSA) is 69.0 Å². The van der Waals surface area contributed by atoms with Gasteiger partial charge in [-0.3, -0.25) is 4.79 Å². The van der Waals surface area contributed by atoms with Crippen molar-refractivity contribution >= 4 is 17.3 Å². The summed E-state index contributed by atoms with van der Waals surface area (Å²) in [5, 5.41) is 11.5. The number of nitrogens with one attached hydrogen (secondary N) is 1. The van der Waals surface area contributed by atoms with Gasteiger partial charge in [-0.05, 0) is 48.7 Å². The zero-order valence-electron chi connectivity index (χ0n) is 14.1. The van der Waals surface area contributed by atoms with Crippen molar-refractivity contribution in [3.05, 3.63) is 64.9 Å². The highest BCUT2D eigenvalue weighted by Gasteiger charge is 2.19. The van der Waals surface area contributed by atoms with Gasteiger partial charge in [0.2, 0.25) is 0 Å². The molecule has 1 aliphatic rings. The molecular weight excluding hydrogens is 338 g/mol. The van der Waals surface area contributed by atoms with Gasteiger partial charge in [0.1, 0.15) is 23.0 Å². The largest absolute Gasteiger partial charge is 0.306 e. The molecule has 132 valence electrons. The summed E-state index contributed by atoms with van der Waals surface area (Å²) in [5.41, 5.74) is 2.40. The highest BCUT2D eigenvalue weighted by atomic mass is 19.1. The molecule has 0 aliphatic carbocycles. The van der Waals surface area contributed by atoms with Gasteiger partial charge in [0.25, 0.3) is 5.91 Å². The number of rotatable bonds is 3. The first-order valence-corrected chi connectivity index (χ1v) is 8.04. The lowest BCUT2D eigenvalue weighted by molar-refractivity contribution is 0.101. The number of hydrogen-bond acceptors (Lipinski definition) is 4. The van der Waals surface area contributed by atoms with Gasteiger partial charge < -0.3 is 10.2 Å². The summed E-state index contributed by atoms with van der Waals surface area (Å²) in [6, 6.07) is 6.57. The summed E-state index contributed by atoms with van der Waals surface area (Å²) in [7, 11) is 0. The fourth-order valence-corrected chi connectivity index (χ4v) is 2.82. The van der Waals surface area contributed by atoms with E-state index in [9.17, 15) is 13.6 Å². The Balaban J connectivity index is 1.78. The average molecular weight is 354 g/mol. The maximum absolute atomic E-state index is 13.7. The molecule has 1 aromatic heterocycles. The molecular formula is C19H16F2N4O. The van der Waals surface area contributed by atoms with Crippen molar-refractivity contribution in [3.8, 4) is 6.19 Å². The predicted octanol–water partition coefficient (Wildman–Crippen LogP) is 3.57. The van der Waals surface area contributed by atoms with E-state index in [0.29, 0.717) is 13.1 Å². The Hall–Kier alpha value is -3.27. The molecule has 1 amide bonds.